The first-order valence-corrected chi connectivity index (χ1v) is 8.60. The first-order chi connectivity index (χ1) is 11.2. The van der Waals surface area contributed by atoms with Crippen molar-refractivity contribution in [3.63, 3.8) is 0 Å². The summed E-state index contributed by atoms with van der Waals surface area (Å²) in [5, 5.41) is 17.6. The Labute approximate surface area is 140 Å². The summed E-state index contributed by atoms with van der Waals surface area (Å²) < 4.78 is 4.83. The number of carbonyl (C=O) groups is 1. The maximum atomic E-state index is 11.3. The Bertz CT molecular complexity index is 358. The van der Waals surface area contributed by atoms with Gasteiger partial charge in [-0.2, -0.15) is 0 Å². The number of esters is 1. The lowest BCUT2D eigenvalue weighted by molar-refractivity contribution is -0.147. The van der Waals surface area contributed by atoms with E-state index in [0.29, 0.717) is 6.42 Å². The van der Waals surface area contributed by atoms with Gasteiger partial charge in [0.15, 0.2) is 0 Å². The summed E-state index contributed by atoms with van der Waals surface area (Å²) in [6.07, 6.45) is 19.4. The highest BCUT2D eigenvalue weighted by Crippen LogP contribution is 2.05. The van der Waals surface area contributed by atoms with E-state index in [0.717, 1.165) is 44.9 Å². The average molecular weight is 324 g/mol. The Hall–Kier alpha value is -1.39. The number of hydrogen-bond acceptors (Lipinski definition) is 4. The third-order valence-corrected chi connectivity index (χ3v) is 3.18. The number of aliphatic hydroxyl groups is 2. The summed E-state index contributed by atoms with van der Waals surface area (Å²) in [7, 11) is 0. The fraction of sp³-hybridized carbons (Fsp3) is 0.632. The smallest absolute Gasteiger partial charge is 0.305 e. The van der Waals surface area contributed by atoms with Gasteiger partial charge in [0.25, 0.3) is 0 Å². The summed E-state index contributed by atoms with van der Waals surface area (Å²) >= 11 is 0. The highest BCUT2D eigenvalue weighted by atomic mass is 16.5. The molecule has 0 aliphatic rings. The first kappa shape index (κ1) is 21.6. The van der Waals surface area contributed by atoms with Crippen molar-refractivity contribution in [1.82, 2.24) is 0 Å². The second kappa shape index (κ2) is 17.0. The molecule has 0 bridgehead atoms. The molecule has 0 radical (unpaired) electrons. The number of aliphatic hydroxyl groups excluding tert-OH is 2. The van der Waals surface area contributed by atoms with Crippen LogP contribution in [0.5, 0.6) is 0 Å². The predicted octanol–water partition coefficient (Wildman–Crippen LogP) is 3.69. The van der Waals surface area contributed by atoms with E-state index in [-0.39, 0.29) is 19.2 Å². The van der Waals surface area contributed by atoms with Gasteiger partial charge < -0.3 is 14.9 Å². The molecule has 0 saturated heterocycles. The van der Waals surface area contributed by atoms with Gasteiger partial charge in [0.05, 0.1) is 6.61 Å². The molecule has 0 aromatic rings. The maximum absolute atomic E-state index is 11.3. The van der Waals surface area contributed by atoms with Crippen molar-refractivity contribution in [2.24, 2.45) is 0 Å². The van der Waals surface area contributed by atoms with Gasteiger partial charge in [-0.15, -0.1) is 0 Å². The fourth-order valence-electron chi connectivity index (χ4n) is 1.85. The van der Waals surface area contributed by atoms with Crippen molar-refractivity contribution in [1.29, 1.82) is 0 Å². The Morgan fingerprint density at radius 2 is 1.65 bits per heavy atom. The maximum Gasteiger partial charge on any atom is 0.305 e. The molecule has 0 amide bonds. The summed E-state index contributed by atoms with van der Waals surface area (Å²) in [5.41, 5.74) is 0. The van der Waals surface area contributed by atoms with E-state index in [1.165, 1.54) is 0 Å². The van der Waals surface area contributed by atoms with Crippen LogP contribution < -0.4 is 0 Å². The summed E-state index contributed by atoms with van der Waals surface area (Å²) in [4.78, 5) is 11.3. The van der Waals surface area contributed by atoms with Crippen LogP contribution in [0.25, 0.3) is 0 Å². The van der Waals surface area contributed by atoms with Crippen molar-refractivity contribution < 1.29 is 19.7 Å². The predicted molar refractivity (Wildman–Crippen MR) is 94.1 cm³/mol. The minimum atomic E-state index is -0.971. The molecule has 0 spiro atoms. The highest BCUT2D eigenvalue weighted by molar-refractivity contribution is 5.69. The van der Waals surface area contributed by atoms with Crippen molar-refractivity contribution in [3.8, 4) is 0 Å². The number of rotatable bonds is 14. The van der Waals surface area contributed by atoms with Crippen LogP contribution in [0.2, 0.25) is 0 Å². The van der Waals surface area contributed by atoms with E-state index in [2.05, 4.69) is 43.4 Å². The lowest BCUT2D eigenvalue weighted by atomic mass is 10.1. The lowest BCUT2D eigenvalue weighted by Gasteiger charge is -2.08. The van der Waals surface area contributed by atoms with Crippen molar-refractivity contribution in [3.05, 3.63) is 36.5 Å². The van der Waals surface area contributed by atoms with E-state index in [4.69, 9.17) is 14.9 Å². The van der Waals surface area contributed by atoms with E-state index in [1.54, 1.807) is 0 Å². The molecule has 0 aromatic carbocycles. The standard InChI is InChI=1S/C19H32O4/c1-2-3-4-5-6-7-8-9-10-11-12-13-14-15-19(22)23-17-18(21)16-20/h3-4,6-7,9-10,18,20-21H,2,5,8,11-17H2,1H3. The molecule has 0 heterocycles. The van der Waals surface area contributed by atoms with Gasteiger partial charge in [-0.05, 0) is 38.5 Å². The van der Waals surface area contributed by atoms with Gasteiger partial charge in [-0.25, -0.2) is 0 Å². The van der Waals surface area contributed by atoms with E-state index < -0.39 is 6.10 Å². The van der Waals surface area contributed by atoms with Crippen molar-refractivity contribution in [2.45, 2.75) is 64.4 Å². The molecule has 0 aliphatic carbocycles. The van der Waals surface area contributed by atoms with Gasteiger partial charge in [0, 0.05) is 6.42 Å². The van der Waals surface area contributed by atoms with Gasteiger partial charge >= 0.3 is 5.97 Å². The molecular weight excluding hydrogens is 292 g/mol. The molecule has 0 aromatic heterocycles. The quantitative estimate of drug-likeness (QED) is 0.290. The number of unbranched alkanes of at least 4 members (excludes halogenated alkanes) is 3. The number of carbonyl (C=O) groups excluding carboxylic acids is 1. The minimum absolute atomic E-state index is 0.125. The van der Waals surface area contributed by atoms with Crippen molar-refractivity contribution in [2.75, 3.05) is 13.2 Å². The third kappa shape index (κ3) is 16.8. The second-order valence-corrected chi connectivity index (χ2v) is 5.41. The zero-order chi connectivity index (χ0) is 17.2. The zero-order valence-corrected chi connectivity index (χ0v) is 14.3. The van der Waals surface area contributed by atoms with Gasteiger partial charge in [0.1, 0.15) is 12.7 Å². The minimum Gasteiger partial charge on any atom is -0.463 e. The molecule has 0 rings (SSSR count). The molecule has 23 heavy (non-hydrogen) atoms. The Morgan fingerprint density at radius 3 is 2.30 bits per heavy atom. The van der Waals surface area contributed by atoms with Crippen LogP contribution in [0, 0.1) is 0 Å². The van der Waals surface area contributed by atoms with Gasteiger partial charge in [-0.3, -0.25) is 4.79 Å². The van der Waals surface area contributed by atoms with E-state index in [1.807, 2.05) is 0 Å². The Balaban J connectivity index is 3.39. The Kier molecular flexibility index (Phi) is 15.9. The molecule has 4 heteroatoms. The molecule has 0 saturated carbocycles. The monoisotopic (exact) mass is 324 g/mol. The molecule has 2 N–H and O–H groups in total. The fourth-order valence-corrected chi connectivity index (χ4v) is 1.85. The largest absolute Gasteiger partial charge is 0.463 e. The number of ether oxygens (including phenoxy) is 1. The van der Waals surface area contributed by atoms with Crippen LogP contribution in [-0.4, -0.2) is 35.5 Å². The second-order valence-electron chi connectivity index (χ2n) is 5.41. The molecule has 0 aliphatic heterocycles. The SMILES string of the molecule is CCC=CCC=CCC=CCCCCCC(=O)OCC(O)CO. The van der Waals surface area contributed by atoms with E-state index >= 15 is 0 Å². The zero-order valence-electron chi connectivity index (χ0n) is 14.3. The molecular formula is C19H32O4. The van der Waals surface area contributed by atoms with Crippen LogP contribution in [0.1, 0.15) is 58.3 Å². The molecule has 1 unspecified atom stereocenters. The van der Waals surface area contributed by atoms with Crippen LogP contribution in [-0.2, 0) is 9.53 Å². The molecule has 4 nitrogen and oxygen atoms in total. The first-order valence-electron chi connectivity index (χ1n) is 8.60. The normalized spacial score (nSPS) is 13.3. The van der Waals surface area contributed by atoms with Gasteiger partial charge in [-0.1, -0.05) is 49.8 Å². The van der Waals surface area contributed by atoms with Crippen LogP contribution in [0.15, 0.2) is 36.5 Å². The van der Waals surface area contributed by atoms with E-state index in [9.17, 15) is 4.79 Å². The molecule has 132 valence electrons. The lowest BCUT2D eigenvalue weighted by Crippen LogP contribution is -2.21. The van der Waals surface area contributed by atoms with Crippen molar-refractivity contribution >= 4 is 5.97 Å². The highest BCUT2D eigenvalue weighted by Gasteiger charge is 2.06. The molecule has 0 fully saturated rings. The summed E-state index contributed by atoms with van der Waals surface area (Å²) in [6, 6.07) is 0. The topological polar surface area (TPSA) is 66.8 Å². The van der Waals surface area contributed by atoms with Crippen LogP contribution in [0.3, 0.4) is 0 Å². The number of hydrogen-bond donors (Lipinski definition) is 2. The van der Waals surface area contributed by atoms with Crippen LogP contribution >= 0.6 is 0 Å². The summed E-state index contributed by atoms with van der Waals surface area (Å²) in [5.74, 6) is -0.310. The average Bonchev–Trinajstić information content (AvgIpc) is 2.56. The summed E-state index contributed by atoms with van der Waals surface area (Å²) in [6.45, 7) is 1.62. The van der Waals surface area contributed by atoms with Crippen LogP contribution in [0.4, 0.5) is 0 Å². The third-order valence-electron chi connectivity index (χ3n) is 3.18. The van der Waals surface area contributed by atoms with Gasteiger partial charge in [0.2, 0.25) is 0 Å². The Morgan fingerprint density at radius 1 is 1.00 bits per heavy atom. The number of allylic oxidation sites excluding steroid dienone is 6. The molecule has 1 atom stereocenters.